The van der Waals surface area contributed by atoms with Crippen molar-refractivity contribution in [3.05, 3.63) is 23.8 Å². The number of benzene rings is 1. The van der Waals surface area contributed by atoms with Crippen LogP contribution in [0.4, 0.5) is 0 Å². The molecule has 1 atom stereocenters. The second kappa shape index (κ2) is 7.47. The van der Waals surface area contributed by atoms with Crippen molar-refractivity contribution in [1.29, 1.82) is 0 Å². The molecule has 6 heteroatoms. The number of hydrogen-bond acceptors (Lipinski definition) is 5. The van der Waals surface area contributed by atoms with Crippen LogP contribution in [-0.4, -0.2) is 59.9 Å². The van der Waals surface area contributed by atoms with Gasteiger partial charge in [0.2, 0.25) is 0 Å². The van der Waals surface area contributed by atoms with E-state index in [0.29, 0.717) is 25.7 Å². The van der Waals surface area contributed by atoms with Crippen molar-refractivity contribution in [1.82, 2.24) is 10.2 Å². The molecule has 1 aromatic rings. The average Bonchev–Trinajstić information content (AvgIpc) is 2.48. The van der Waals surface area contributed by atoms with Crippen LogP contribution in [0.1, 0.15) is 24.2 Å². The van der Waals surface area contributed by atoms with Crippen LogP contribution < -0.4 is 5.32 Å². The van der Waals surface area contributed by atoms with Crippen LogP contribution in [0.5, 0.6) is 11.5 Å². The minimum absolute atomic E-state index is 0.0769. The summed E-state index contributed by atoms with van der Waals surface area (Å²) in [6.07, 6.45) is 0. The molecule has 1 heterocycles. The number of phenols is 2. The quantitative estimate of drug-likeness (QED) is 0.761. The lowest BCUT2D eigenvalue weighted by Gasteiger charge is -2.36. The van der Waals surface area contributed by atoms with Crippen molar-refractivity contribution in [3.8, 4) is 11.5 Å². The molecule has 22 heavy (non-hydrogen) atoms. The Morgan fingerprint density at radius 1 is 1.27 bits per heavy atom. The fraction of sp³-hybridized carbons (Fsp3) is 0.562. The molecule has 6 nitrogen and oxygen atoms in total. The fourth-order valence-corrected chi connectivity index (χ4v) is 2.74. The Bertz CT molecular complexity index is 493. The van der Waals surface area contributed by atoms with Crippen molar-refractivity contribution in [2.75, 3.05) is 32.8 Å². The van der Waals surface area contributed by atoms with Crippen molar-refractivity contribution in [2.45, 2.75) is 19.9 Å². The third kappa shape index (κ3) is 3.90. The van der Waals surface area contributed by atoms with E-state index in [1.807, 2.05) is 0 Å². The van der Waals surface area contributed by atoms with E-state index in [4.69, 9.17) is 4.74 Å². The van der Waals surface area contributed by atoms with Crippen LogP contribution in [0.25, 0.3) is 0 Å². The average molecular weight is 308 g/mol. The van der Waals surface area contributed by atoms with E-state index in [2.05, 4.69) is 24.1 Å². The lowest BCUT2D eigenvalue weighted by atomic mass is 10.0. The highest BCUT2D eigenvalue weighted by molar-refractivity contribution is 5.99. The number of hydrogen-bond donors (Lipinski definition) is 3. The number of nitrogens with one attached hydrogen (secondary N) is 1. The number of ether oxygens (including phenoxy) is 1. The zero-order valence-electron chi connectivity index (χ0n) is 13.1. The maximum atomic E-state index is 12.2. The molecule has 0 unspecified atom stereocenters. The van der Waals surface area contributed by atoms with Crippen molar-refractivity contribution >= 4 is 5.91 Å². The molecule has 0 aliphatic carbocycles. The Balaban J connectivity index is 2.01. The predicted octanol–water partition coefficient (Wildman–Crippen LogP) is 1.18. The molecule has 0 saturated carbocycles. The summed E-state index contributed by atoms with van der Waals surface area (Å²) in [6, 6.07) is 4.46. The molecule has 3 N–H and O–H groups in total. The van der Waals surface area contributed by atoms with Gasteiger partial charge in [-0.2, -0.15) is 0 Å². The molecule has 1 aliphatic rings. The first kappa shape index (κ1) is 16.6. The standard InChI is InChI=1S/C16H24N2O4/c1-11(2)12(18-6-8-22-9-7-18)10-17-16(21)15-13(19)4-3-5-14(15)20/h3-5,11-12,19-20H,6-10H2,1-2H3,(H,17,21)/t12-/m0/s1. The first-order valence-electron chi connectivity index (χ1n) is 7.61. The Morgan fingerprint density at radius 2 is 1.86 bits per heavy atom. The lowest BCUT2D eigenvalue weighted by molar-refractivity contribution is 0.00672. The minimum atomic E-state index is -0.463. The van der Waals surface area contributed by atoms with Gasteiger partial charge in [0.1, 0.15) is 17.1 Å². The third-order valence-corrected chi connectivity index (χ3v) is 4.00. The van der Waals surface area contributed by atoms with Gasteiger partial charge in [-0.15, -0.1) is 0 Å². The normalized spacial score (nSPS) is 17.4. The van der Waals surface area contributed by atoms with E-state index < -0.39 is 5.91 Å². The molecule has 1 saturated heterocycles. The highest BCUT2D eigenvalue weighted by atomic mass is 16.5. The Labute approximate surface area is 130 Å². The van der Waals surface area contributed by atoms with E-state index >= 15 is 0 Å². The number of amides is 1. The topological polar surface area (TPSA) is 82.0 Å². The minimum Gasteiger partial charge on any atom is -0.507 e. The first-order chi connectivity index (χ1) is 10.5. The van der Waals surface area contributed by atoms with Gasteiger partial charge in [0.25, 0.3) is 5.91 Å². The molecule has 2 rings (SSSR count). The smallest absolute Gasteiger partial charge is 0.258 e. The molecule has 0 aromatic heterocycles. The lowest BCUT2D eigenvalue weighted by Crippen LogP contribution is -2.51. The predicted molar refractivity (Wildman–Crippen MR) is 83.1 cm³/mol. The van der Waals surface area contributed by atoms with Crippen LogP contribution in [0.2, 0.25) is 0 Å². The van der Waals surface area contributed by atoms with Gasteiger partial charge in [0.15, 0.2) is 0 Å². The Kier molecular flexibility index (Phi) is 5.63. The monoisotopic (exact) mass is 308 g/mol. The molecule has 1 fully saturated rings. The van der Waals surface area contributed by atoms with E-state index in [9.17, 15) is 15.0 Å². The third-order valence-electron chi connectivity index (χ3n) is 4.00. The van der Waals surface area contributed by atoms with Gasteiger partial charge < -0.3 is 20.3 Å². The summed E-state index contributed by atoms with van der Waals surface area (Å²) < 4.78 is 5.36. The molecule has 0 radical (unpaired) electrons. The number of carbonyl (C=O) groups excluding carboxylic acids is 1. The summed E-state index contributed by atoms with van der Waals surface area (Å²) in [7, 11) is 0. The summed E-state index contributed by atoms with van der Waals surface area (Å²) in [5, 5.41) is 22.3. The molecule has 1 amide bonds. The number of carbonyl (C=O) groups is 1. The first-order valence-corrected chi connectivity index (χ1v) is 7.61. The van der Waals surface area contributed by atoms with Gasteiger partial charge in [-0.3, -0.25) is 9.69 Å². The van der Waals surface area contributed by atoms with Gasteiger partial charge in [-0.25, -0.2) is 0 Å². The number of aromatic hydroxyl groups is 2. The number of phenolic OH excluding ortho intramolecular Hbond substituents is 2. The Hall–Kier alpha value is -1.79. The van der Waals surface area contributed by atoms with Gasteiger partial charge in [-0.1, -0.05) is 19.9 Å². The fourth-order valence-electron chi connectivity index (χ4n) is 2.74. The molecular formula is C16H24N2O4. The number of morpholine rings is 1. The summed E-state index contributed by atoms with van der Waals surface area (Å²) >= 11 is 0. The van der Waals surface area contributed by atoms with Crippen LogP contribution in [0, 0.1) is 5.92 Å². The number of rotatable bonds is 5. The molecule has 0 bridgehead atoms. The maximum absolute atomic E-state index is 12.2. The second-order valence-electron chi connectivity index (χ2n) is 5.84. The summed E-state index contributed by atoms with van der Waals surface area (Å²) in [4.78, 5) is 14.5. The molecule has 1 aromatic carbocycles. The maximum Gasteiger partial charge on any atom is 0.258 e. The highest BCUT2D eigenvalue weighted by Gasteiger charge is 2.25. The van der Waals surface area contributed by atoms with E-state index in [0.717, 1.165) is 13.1 Å². The summed E-state index contributed by atoms with van der Waals surface area (Å²) in [6.45, 7) is 7.80. The second-order valence-corrected chi connectivity index (χ2v) is 5.84. The van der Waals surface area contributed by atoms with E-state index in [-0.39, 0.29) is 23.1 Å². The highest BCUT2D eigenvalue weighted by Crippen LogP contribution is 2.26. The summed E-state index contributed by atoms with van der Waals surface area (Å²) in [5.41, 5.74) is -0.0769. The van der Waals surface area contributed by atoms with Crippen LogP contribution in [0.3, 0.4) is 0 Å². The zero-order valence-corrected chi connectivity index (χ0v) is 13.1. The zero-order chi connectivity index (χ0) is 16.1. The summed E-state index contributed by atoms with van der Waals surface area (Å²) in [5.74, 6) is -0.527. The van der Waals surface area contributed by atoms with Crippen LogP contribution >= 0.6 is 0 Å². The van der Waals surface area contributed by atoms with Gasteiger partial charge in [-0.05, 0) is 18.1 Å². The van der Waals surface area contributed by atoms with Crippen molar-refractivity contribution in [2.24, 2.45) is 5.92 Å². The largest absolute Gasteiger partial charge is 0.507 e. The van der Waals surface area contributed by atoms with E-state index in [1.165, 1.54) is 18.2 Å². The Morgan fingerprint density at radius 3 is 2.41 bits per heavy atom. The van der Waals surface area contributed by atoms with Crippen molar-refractivity contribution in [3.63, 3.8) is 0 Å². The van der Waals surface area contributed by atoms with Crippen molar-refractivity contribution < 1.29 is 19.7 Å². The van der Waals surface area contributed by atoms with Gasteiger partial charge >= 0.3 is 0 Å². The van der Waals surface area contributed by atoms with Crippen LogP contribution in [0.15, 0.2) is 18.2 Å². The molecule has 1 aliphatic heterocycles. The van der Waals surface area contributed by atoms with E-state index in [1.54, 1.807) is 0 Å². The van der Waals surface area contributed by atoms with Gasteiger partial charge in [0.05, 0.1) is 13.2 Å². The van der Waals surface area contributed by atoms with Crippen LogP contribution in [-0.2, 0) is 4.74 Å². The molecule has 122 valence electrons. The SMILES string of the molecule is CC(C)[C@H](CNC(=O)c1c(O)cccc1O)N1CCOCC1. The number of nitrogens with zero attached hydrogens (tertiary/aromatic N) is 1. The molecular weight excluding hydrogens is 284 g/mol. The van der Waals surface area contributed by atoms with Gasteiger partial charge in [0, 0.05) is 25.7 Å². The molecule has 0 spiro atoms.